The standard InChI is InChI=1S/C40H39FN4O6S/c1-24-18-25(2)38(26(3)19-24)29-6-4-5-7-33(29)42-40(47)31-23-45(27-8-9-27)34-22-35(32(41)21-30(34)39(31)46)43-12-14-44(15-13-43)52(48,49)28-10-11-36-37(20-28)51-17-16-50-36/h4-7,10-11,18-23,27H,8-9,12-17H2,1-3H3,(H,42,47). The first kappa shape index (κ1) is 33.9. The van der Waals surface area contributed by atoms with Gasteiger partial charge in [-0.1, -0.05) is 35.9 Å². The summed E-state index contributed by atoms with van der Waals surface area (Å²) in [6, 6.07) is 19.3. The molecule has 1 aliphatic carbocycles. The number of para-hydroxylation sites is 1. The highest BCUT2D eigenvalue weighted by Gasteiger charge is 2.32. The Morgan fingerprint density at radius 3 is 2.27 bits per heavy atom. The Balaban J connectivity index is 1.07. The van der Waals surface area contributed by atoms with Crippen molar-refractivity contribution in [2.45, 2.75) is 44.6 Å². The van der Waals surface area contributed by atoms with Gasteiger partial charge in [-0.3, -0.25) is 9.59 Å². The van der Waals surface area contributed by atoms with Crippen LogP contribution in [0.5, 0.6) is 11.5 Å². The predicted octanol–water partition coefficient (Wildman–Crippen LogP) is 6.60. The first-order valence-corrected chi connectivity index (χ1v) is 19.0. The van der Waals surface area contributed by atoms with Crippen LogP contribution in [0.4, 0.5) is 15.8 Å². The molecule has 52 heavy (non-hydrogen) atoms. The van der Waals surface area contributed by atoms with Crippen molar-refractivity contribution in [2.75, 3.05) is 49.6 Å². The number of carbonyl (C=O) groups is 1. The summed E-state index contributed by atoms with van der Waals surface area (Å²) in [7, 11) is -3.83. The van der Waals surface area contributed by atoms with Gasteiger partial charge in [0.15, 0.2) is 11.5 Å². The van der Waals surface area contributed by atoms with E-state index in [0.717, 1.165) is 40.7 Å². The third kappa shape index (κ3) is 6.09. The van der Waals surface area contributed by atoms with Gasteiger partial charge in [0, 0.05) is 61.1 Å². The van der Waals surface area contributed by atoms with E-state index in [1.54, 1.807) is 23.2 Å². The van der Waals surface area contributed by atoms with E-state index in [-0.39, 0.29) is 53.8 Å². The number of hydrogen-bond donors (Lipinski definition) is 1. The third-order valence-electron chi connectivity index (χ3n) is 10.1. The van der Waals surface area contributed by atoms with Gasteiger partial charge >= 0.3 is 0 Å². The molecule has 0 atom stereocenters. The monoisotopic (exact) mass is 722 g/mol. The van der Waals surface area contributed by atoms with Gasteiger partial charge in [0.2, 0.25) is 15.5 Å². The van der Waals surface area contributed by atoms with Gasteiger partial charge in [0.25, 0.3) is 5.91 Å². The summed E-state index contributed by atoms with van der Waals surface area (Å²) in [4.78, 5) is 29.7. The first-order chi connectivity index (χ1) is 25.0. The molecule has 0 unspecified atom stereocenters. The second-order valence-electron chi connectivity index (χ2n) is 13.8. The number of aromatic nitrogens is 1. The molecule has 1 saturated heterocycles. The van der Waals surface area contributed by atoms with Crippen LogP contribution in [0.3, 0.4) is 0 Å². The lowest BCUT2D eigenvalue weighted by Crippen LogP contribution is -2.49. The maximum absolute atomic E-state index is 16.0. The molecule has 12 heteroatoms. The maximum atomic E-state index is 16.0. The van der Waals surface area contributed by atoms with Crippen molar-refractivity contribution in [2.24, 2.45) is 0 Å². The van der Waals surface area contributed by atoms with Crippen LogP contribution in [0.1, 0.15) is 45.9 Å². The smallest absolute Gasteiger partial charge is 0.261 e. The average molecular weight is 723 g/mol. The van der Waals surface area contributed by atoms with Crippen molar-refractivity contribution in [3.63, 3.8) is 0 Å². The van der Waals surface area contributed by atoms with Gasteiger partial charge in [0.1, 0.15) is 24.6 Å². The van der Waals surface area contributed by atoms with Crippen LogP contribution < -0.4 is 25.1 Å². The minimum atomic E-state index is -3.83. The zero-order valence-corrected chi connectivity index (χ0v) is 30.1. The number of aryl methyl sites for hydroxylation is 3. The number of hydrogen-bond acceptors (Lipinski definition) is 7. The molecule has 1 aromatic heterocycles. The van der Waals surface area contributed by atoms with Crippen molar-refractivity contribution in [1.82, 2.24) is 8.87 Å². The number of rotatable bonds is 7. The predicted molar refractivity (Wildman–Crippen MR) is 199 cm³/mol. The van der Waals surface area contributed by atoms with Crippen LogP contribution >= 0.6 is 0 Å². The van der Waals surface area contributed by atoms with Crippen molar-refractivity contribution >= 4 is 38.2 Å². The van der Waals surface area contributed by atoms with Crippen LogP contribution in [0.2, 0.25) is 0 Å². The Morgan fingerprint density at radius 2 is 1.56 bits per heavy atom. The van der Waals surface area contributed by atoms with Gasteiger partial charge < -0.3 is 24.3 Å². The summed E-state index contributed by atoms with van der Waals surface area (Å²) < 4.78 is 57.4. The summed E-state index contributed by atoms with van der Waals surface area (Å²) in [5.74, 6) is -0.268. The van der Waals surface area contributed by atoms with E-state index in [2.05, 4.69) is 17.4 Å². The second kappa shape index (κ2) is 13.1. The molecule has 1 amide bonds. The molecule has 1 N–H and O–H groups in total. The zero-order valence-electron chi connectivity index (χ0n) is 29.2. The molecule has 0 radical (unpaired) electrons. The van der Waals surface area contributed by atoms with Crippen molar-refractivity contribution < 1.29 is 27.1 Å². The molecular formula is C40H39FN4O6S. The van der Waals surface area contributed by atoms with Gasteiger partial charge in [-0.05, 0) is 80.6 Å². The molecule has 4 aromatic carbocycles. The summed E-state index contributed by atoms with van der Waals surface area (Å²) in [6.45, 7) is 7.67. The van der Waals surface area contributed by atoms with E-state index < -0.39 is 27.2 Å². The number of benzene rings is 4. The van der Waals surface area contributed by atoms with Crippen LogP contribution in [-0.2, 0) is 10.0 Å². The highest BCUT2D eigenvalue weighted by molar-refractivity contribution is 7.89. The van der Waals surface area contributed by atoms with Crippen LogP contribution in [0.15, 0.2) is 82.6 Å². The molecule has 5 aromatic rings. The van der Waals surface area contributed by atoms with Gasteiger partial charge in [0.05, 0.1) is 16.1 Å². The Morgan fingerprint density at radius 1 is 0.865 bits per heavy atom. The van der Waals surface area contributed by atoms with E-state index in [1.165, 1.54) is 22.5 Å². The molecule has 0 spiro atoms. The number of piperazine rings is 1. The number of halogens is 1. The number of anilines is 2. The van der Waals surface area contributed by atoms with E-state index in [4.69, 9.17) is 9.47 Å². The lowest BCUT2D eigenvalue weighted by Gasteiger charge is -2.35. The molecular weight excluding hydrogens is 684 g/mol. The highest BCUT2D eigenvalue weighted by atomic mass is 32.2. The van der Waals surface area contributed by atoms with E-state index in [1.807, 2.05) is 49.6 Å². The summed E-state index contributed by atoms with van der Waals surface area (Å²) in [5.41, 5.74) is 5.97. The lowest BCUT2D eigenvalue weighted by atomic mass is 9.92. The van der Waals surface area contributed by atoms with Crippen LogP contribution in [-0.4, -0.2) is 62.6 Å². The van der Waals surface area contributed by atoms with Crippen LogP contribution in [0, 0.1) is 26.6 Å². The minimum absolute atomic E-state index is 0.0586. The van der Waals surface area contributed by atoms with Crippen molar-refractivity contribution in [3.8, 4) is 22.6 Å². The minimum Gasteiger partial charge on any atom is -0.486 e. The van der Waals surface area contributed by atoms with Crippen molar-refractivity contribution in [3.05, 3.63) is 111 Å². The molecule has 1 saturated carbocycles. The fourth-order valence-electron chi connectivity index (χ4n) is 7.52. The Kier molecular flexibility index (Phi) is 8.54. The molecule has 8 rings (SSSR count). The summed E-state index contributed by atoms with van der Waals surface area (Å²) >= 11 is 0. The molecule has 3 heterocycles. The molecule has 268 valence electrons. The van der Waals surface area contributed by atoms with Gasteiger partial charge in [-0.2, -0.15) is 4.31 Å². The number of sulfonamides is 1. The highest BCUT2D eigenvalue weighted by Crippen LogP contribution is 2.39. The van der Waals surface area contributed by atoms with E-state index in [9.17, 15) is 18.0 Å². The quantitative estimate of drug-likeness (QED) is 0.202. The normalized spacial score (nSPS) is 16.3. The molecule has 3 aliphatic rings. The van der Waals surface area contributed by atoms with Gasteiger partial charge in [-0.15, -0.1) is 0 Å². The molecule has 10 nitrogen and oxygen atoms in total. The summed E-state index contributed by atoms with van der Waals surface area (Å²) in [6.07, 6.45) is 3.34. The first-order valence-electron chi connectivity index (χ1n) is 17.5. The molecule has 0 bridgehead atoms. The Labute approximate surface area is 301 Å². The topological polar surface area (TPSA) is 110 Å². The van der Waals surface area contributed by atoms with E-state index in [0.29, 0.717) is 35.9 Å². The van der Waals surface area contributed by atoms with Crippen LogP contribution in [0.25, 0.3) is 22.0 Å². The SMILES string of the molecule is Cc1cc(C)c(-c2ccccc2NC(=O)c2cn(C3CC3)c3cc(N4CCN(S(=O)(=O)c5ccc6c(c5)OCCO6)CC4)c(F)cc3c2=O)c(C)c1. The number of nitrogens with zero attached hydrogens (tertiary/aromatic N) is 3. The Hall–Kier alpha value is -5.20. The Bertz CT molecular complexity index is 2410. The number of ether oxygens (including phenoxy) is 2. The van der Waals surface area contributed by atoms with Gasteiger partial charge in [-0.25, -0.2) is 12.8 Å². The second-order valence-corrected chi connectivity index (χ2v) is 15.7. The van der Waals surface area contributed by atoms with Crippen molar-refractivity contribution in [1.29, 1.82) is 0 Å². The maximum Gasteiger partial charge on any atom is 0.261 e. The van der Waals surface area contributed by atoms with E-state index >= 15 is 4.39 Å². The fourth-order valence-corrected chi connectivity index (χ4v) is 8.96. The fraction of sp³-hybridized carbons (Fsp3) is 0.300. The zero-order chi connectivity index (χ0) is 36.3. The molecule has 2 fully saturated rings. The largest absolute Gasteiger partial charge is 0.486 e. The number of fused-ring (bicyclic) bond motifs is 2. The molecule has 2 aliphatic heterocycles. The average Bonchev–Trinajstić information content (AvgIpc) is 3.98. The number of amides is 1. The summed E-state index contributed by atoms with van der Waals surface area (Å²) in [5, 5.41) is 3.11. The number of nitrogens with one attached hydrogen (secondary N) is 1. The number of carbonyl (C=O) groups excluding carboxylic acids is 1. The third-order valence-corrected chi connectivity index (χ3v) is 12.0. The number of pyridine rings is 1. The lowest BCUT2D eigenvalue weighted by molar-refractivity contribution is 0.102.